The van der Waals surface area contributed by atoms with E-state index in [1.165, 1.54) is 6.92 Å². The van der Waals surface area contributed by atoms with Crippen LogP contribution in [0.1, 0.15) is 26.7 Å². The Bertz CT molecular complexity index is 203. The Balaban J connectivity index is 3.15. The van der Waals surface area contributed by atoms with Crippen LogP contribution in [-0.4, -0.2) is 37.3 Å². The van der Waals surface area contributed by atoms with Crippen LogP contribution in [0.25, 0.3) is 0 Å². The smallest absolute Gasteiger partial charge is 0.216 e. The molecule has 4 heteroatoms. The largest absolute Gasteiger partial charge is 0.392 e. The van der Waals surface area contributed by atoms with Crippen molar-refractivity contribution in [1.29, 1.82) is 0 Å². The molecule has 3 N–H and O–H groups in total. The van der Waals surface area contributed by atoms with E-state index in [1.54, 1.807) is 0 Å². The summed E-state index contributed by atoms with van der Waals surface area (Å²) in [4.78, 5) is 10.5. The van der Waals surface area contributed by atoms with Crippen LogP contribution < -0.4 is 10.6 Å². The van der Waals surface area contributed by atoms with E-state index in [4.69, 9.17) is 5.11 Å². The van der Waals surface area contributed by atoms with Gasteiger partial charge >= 0.3 is 0 Å². The molecule has 0 aliphatic heterocycles. The first kappa shape index (κ1) is 14.1. The summed E-state index contributed by atoms with van der Waals surface area (Å²) in [6.07, 6.45) is 4.02. The summed E-state index contributed by atoms with van der Waals surface area (Å²) in [7, 11) is 0. The lowest BCUT2D eigenvalue weighted by Crippen LogP contribution is -2.22. The second kappa shape index (κ2) is 9.68. The second-order valence-electron chi connectivity index (χ2n) is 3.60. The van der Waals surface area contributed by atoms with E-state index in [9.17, 15) is 4.79 Å². The fourth-order valence-corrected chi connectivity index (χ4v) is 1.05. The van der Waals surface area contributed by atoms with Crippen LogP contribution in [0, 0.1) is 0 Å². The van der Waals surface area contributed by atoms with Crippen LogP contribution in [0.4, 0.5) is 0 Å². The van der Waals surface area contributed by atoms with E-state index in [1.807, 2.05) is 13.0 Å². The number of hydrogen-bond donors (Lipinski definition) is 3. The molecule has 0 spiro atoms. The zero-order chi connectivity index (χ0) is 11.5. The molecule has 0 radical (unpaired) electrons. The Morgan fingerprint density at radius 2 is 1.93 bits per heavy atom. The quantitative estimate of drug-likeness (QED) is 0.405. The predicted molar refractivity (Wildman–Crippen MR) is 61.6 cm³/mol. The highest BCUT2D eigenvalue weighted by Gasteiger charge is 1.91. The first-order valence-electron chi connectivity index (χ1n) is 5.38. The standard InChI is InChI=1S/C11H22N2O2/c1-10(9-14)5-8-12-6-3-4-7-13-11(2)15/h5,12,14H,3-4,6-9H2,1-2H3,(H,13,15)/b10-5+. The summed E-state index contributed by atoms with van der Waals surface area (Å²) in [5, 5.41) is 14.7. The lowest BCUT2D eigenvalue weighted by molar-refractivity contribution is -0.118. The molecule has 1 amide bonds. The third-order valence-corrected chi connectivity index (χ3v) is 2.00. The fourth-order valence-electron chi connectivity index (χ4n) is 1.05. The van der Waals surface area contributed by atoms with Crippen LogP contribution in [0.3, 0.4) is 0 Å². The lowest BCUT2D eigenvalue weighted by atomic mass is 10.3. The Morgan fingerprint density at radius 1 is 1.27 bits per heavy atom. The van der Waals surface area contributed by atoms with Crippen molar-refractivity contribution in [3.05, 3.63) is 11.6 Å². The van der Waals surface area contributed by atoms with Gasteiger partial charge in [-0.15, -0.1) is 0 Å². The molecule has 0 rings (SSSR count). The Hall–Kier alpha value is -0.870. The normalized spacial score (nSPS) is 11.5. The minimum absolute atomic E-state index is 0.0319. The molecule has 0 saturated heterocycles. The van der Waals surface area contributed by atoms with E-state index in [0.29, 0.717) is 0 Å². The third kappa shape index (κ3) is 11.1. The molecular formula is C11H22N2O2. The van der Waals surface area contributed by atoms with Gasteiger partial charge in [0.05, 0.1) is 6.61 Å². The number of nitrogens with one attached hydrogen (secondary N) is 2. The molecule has 0 atom stereocenters. The van der Waals surface area contributed by atoms with Crippen molar-refractivity contribution >= 4 is 5.91 Å². The Kier molecular flexibility index (Phi) is 9.11. The van der Waals surface area contributed by atoms with Crippen molar-refractivity contribution in [3.8, 4) is 0 Å². The minimum atomic E-state index is 0.0319. The molecule has 0 heterocycles. The maximum absolute atomic E-state index is 10.5. The van der Waals surface area contributed by atoms with Crippen molar-refractivity contribution in [2.45, 2.75) is 26.7 Å². The molecule has 0 bridgehead atoms. The van der Waals surface area contributed by atoms with Gasteiger partial charge in [0.1, 0.15) is 0 Å². The zero-order valence-electron chi connectivity index (χ0n) is 9.68. The molecule has 0 unspecified atom stereocenters. The van der Waals surface area contributed by atoms with Crippen molar-refractivity contribution in [1.82, 2.24) is 10.6 Å². The van der Waals surface area contributed by atoms with Crippen molar-refractivity contribution in [3.63, 3.8) is 0 Å². The van der Waals surface area contributed by atoms with E-state index in [0.717, 1.165) is 38.0 Å². The first-order valence-corrected chi connectivity index (χ1v) is 5.38. The molecule has 0 aromatic carbocycles. The summed E-state index contributed by atoms with van der Waals surface area (Å²) >= 11 is 0. The number of carbonyl (C=O) groups excluding carboxylic acids is 1. The number of amides is 1. The van der Waals surface area contributed by atoms with Crippen molar-refractivity contribution in [2.24, 2.45) is 0 Å². The predicted octanol–water partition coefficient (Wildman–Crippen LogP) is 0.431. The zero-order valence-corrected chi connectivity index (χ0v) is 9.68. The molecule has 0 saturated carbocycles. The Morgan fingerprint density at radius 3 is 2.53 bits per heavy atom. The summed E-state index contributed by atoms with van der Waals surface area (Å²) in [6, 6.07) is 0. The van der Waals surface area contributed by atoms with E-state index < -0.39 is 0 Å². The van der Waals surface area contributed by atoms with Gasteiger partial charge in [0.2, 0.25) is 5.91 Å². The summed E-state index contributed by atoms with van der Waals surface area (Å²) in [5.74, 6) is 0.0319. The van der Waals surface area contributed by atoms with Crippen LogP contribution in [0.15, 0.2) is 11.6 Å². The van der Waals surface area contributed by atoms with Gasteiger partial charge in [-0.25, -0.2) is 0 Å². The average Bonchev–Trinajstić information content (AvgIpc) is 2.21. The van der Waals surface area contributed by atoms with Crippen LogP contribution in [0.2, 0.25) is 0 Å². The van der Waals surface area contributed by atoms with Gasteiger partial charge in [-0.1, -0.05) is 11.6 Å². The summed E-state index contributed by atoms with van der Waals surface area (Å²) < 4.78 is 0. The lowest BCUT2D eigenvalue weighted by Gasteiger charge is -2.03. The van der Waals surface area contributed by atoms with E-state index >= 15 is 0 Å². The highest BCUT2D eigenvalue weighted by molar-refractivity contribution is 5.72. The molecule has 0 fully saturated rings. The third-order valence-electron chi connectivity index (χ3n) is 2.00. The van der Waals surface area contributed by atoms with E-state index in [2.05, 4.69) is 10.6 Å². The SMILES string of the molecule is CC(=O)NCCCCNC/C=C(\C)CO. The van der Waals surface area contributed by atoms with E-state index in [-0.39, 0.29) is 12.5 Å². The molecule has 88 valence electrons. The van der Waals surface area contributed by atoms with Gasteiger partial charge < -0.3 is 15.7 Å². The average molecular weight is 214 g/mol. The van der Waals surface area contributed by atoms with Crippen molar-refractivity contribution < 1.29 is 9.90 Å². The minimum Gasteiger partial charge on any atom is -0.392 e. The number of rotatable bonds is 8. The van der Waals surface area contributed by atoms with Crippen LogP contribution >= 0.6 is 0 Å². The van der Waals surface area contributed by atoms with Gasteiger partial charge in [0.25, 0.3) is 0 Å². The van der Waals surface area contributed by atoms with Gasteiger partial charge in [-0.2, -0.15) is 0 Å². The molecule has 4 nitrogen and oxygen atoms in total. The van der Waals surface area contributed by atoms with Crippen molar-refractivity contribution in [2.75, 3.05) is 26.2 Å². The second-order valence-corrected chi connectivity index (χ2v) is 3.60. The number of aliphatic hydroxyl groups is 1. The number of unbranched alkanes of at least 4 members (excludes halogenated alkanes) is 1. The number of aliphatic hydroxyl groups excluding tert-OH is 1. The molecule has 0 aliphatic rings. The fraction of sp³-hybridized carbons (Fsp3) is 0.727. The monoisotopic (exact) mass is 214 g/mol. The maximum atomic E-state index is 10.5. The topological polar surface area (TPSA) is 61.4 Å². The molecule has 15 heavy (non-hydrogen) atoms. The summed E-state index contributed by atoms with van der Waals surface area (Å²) in [5.41, 5.74) is 0.987. The molecule has 0 aliphatic carbocycles. The van der Waals surface area contributed by atoms with Gasteiger partial charge in [-0.05, 0) is 26.3 Å². The van der Waals surface area contributed by atoms with Gasteiger partial charge in [0.15, 0.2) is 0 Å². The van der Waals surface area contributed by atoms with Crippen LogP contribution in [-0.2, 0) is 4.79 Å². The molecule has 0 aromatic rings. The molecule has 0 aromatic heterocycles. The van der Waals surface area contributed by atoms with Gasteiger partial charge in [-0.3, -0.25) is 4.79 Å². The molecular weight excluding hydrogens is 192 g/mol. The Labute approximate surface area is 91.8 Å². The van der Waals surface area contributed by atoms with Gasteiger partial charge in [0, 0.05) is 20.0 Å². The highest BCUT2D eigenvalue weighted by atomic mass is 16.3. The summed E-state index contributed by atoms with van der Waals surface area (Å²) in [6.45, 7) is 6.05. The van der Waals surface area contributed by atoms with Crippen LogP contribution in [0.5, 0.6) is 0 Å². The first-order chi connectivity index (χ1) is 7.16. The highest BCUT2D eigenvalue weighted by Crippen LogP contribution is 1.88. The number of carbonyl (C=O) groups is 1. The maximum Gasteiger partial charge on any atom is 0.216 e. The number of hydrogen-bond acceptors (Lipinski definition) is 3.